The summed E-state index contributed by atoms with van der Waals surface area (Å²) in [5.41, 5.74) is 4.69. The number of aryl methyl sites for hydroxylation is 1. The van der Waals surface area contributed by atoms with Crippen molar-refractivity contribution in [3.8, 4) is 22.7 Å². The molecule has 22 heavy (non-hydrogen) atoms. The van der Waals surface area contributed by atoms with Crippen LogP contribution in [0.15, 0.2) is 65.1 Å². The molecule has 0 aliphatic rings. The normalized spacial score (nSPS) is 10.7. The zero-order chi connectivity index (χ0) is 15.5. The molecule has 0 saturated heterocycles. The fraction of sp³-hybridized carbons (Fsp3) is 0.158. The Kier molecular flexibility index (Phi) is 4.34. The largest absolute Gasteiger partial charge is 0.494 e. The standard InChI is InChI=1S/C19H18BrNO/c1-3-22-18-6-4-5-17(13-18)21-14(2)7-12-19(21)15-8-10-16(20)11-9-15/h4-13H,3H2,1-2H3. The van der Waals surface area contributed by atoms with Crippen molar-refractivity contribution in [2.75, 3.05) is 6.61 Å². The molecule has 0 N–H and O–H groups in total. The van der Waals surface area contributed by atoms with Gasteiger partial charge in [0, 0.05) is 21.9 Å². The lowest BCUT2D eigenvalue weighted by atomic mass is 10.1. The van der Waals surface area contributed by atoms with E-state index in [1.165, 1.54) is 17.0 Å². The molecule has 3 heteroatoms. The third-order valence-electron chi connectivity index (χ3n) is 3.60. The maximum atomic E-state index is 5.63. The first-order valence-corrected chi connectivity index (χ1v) is 8.16. The van der Waals surface area contributed by atoms with Crippen molar-refractivity contribution < 1.29 is 4.74 Å². The molecule has 0 amide bonds. The summed E-state index contributed by atoms with van der Waals surface area (Å²) >= 11 is 3.49. The highest BCUT2D eigenvalue weighted by Gasteiger charge is 2.10. The van der Waals surface area contributed by atoms with Crippen LogP contribution in [0, 0.1) is 6.92 Å². The Labute approximate surface area is 139 Å². The molecule has 2 aromatic carbocycles. The van der Waals surface area contributed by atoms with Gasteiger partial charge in [-0.25, -0.2) is 0 Å². The minimum atomic E-state index is 0.674. The third-order valence-corrected chi connectivity index (χ3v) is 4.13. The van der Waals surface area contributed by atoms with Gasteiger partial charge in [0.25, 0.3) is 0 Å². The van der Waals surface area contributed by atoms with Crippen LogP contribution in [-0.2, 0) is 0 Å². The molecule has 0 unspecified atom stereocenters. The van der Waals surface area contributed by atoms with E-state index in [0.29, 0.717) is 6.61 Å². The zero-order valence-corrected chi connectivity index (χ0v) is 14.3. The number of hydrogen-bond acceptors (Lipinski definition) is 1. The van der Waals surface area contributed by atoms with E-state index >= 15 is 0 Å². The average Bonchev–Trinajstić information content (AvgIpc) is 2.90. The number of ether oxygens (including phenoxy) is 1. The average molecular weight is 356 g/mol. The van der Waals surface area contributed by atoms with Gasteiger partial charge in [-0.15, -0.1) is 0 Å². The van der Waals surface area contributed by atoms with Gasteiger partial charge in [0.15, 0.2) is 0 Å². The number of aromatic nitrogens is 1. The van der Waals surface area contributed by atoms with Gasteiger partial charge < -0.3 is 9.30 Å². The van der Waals surface area contributed by atoms with Crippen molar-refractivity contribution in [1.29, 1.82) is 0 Å². The second-order valence-corrected chi connectivity index (χ2v) is 6.05. The lowest BCUT2D eigenvalue weighted by Gasteiger charge is -2.13. The summed E-state index contributed by atoms with van der Waals surface area (Å²) in [4.78, 5) is 0. The van der Waals surface area contributed by atoms with Crippen molar-refractivity contribution >= 4 is 15.9 Å². The number of rotatable bonds is 4. The predicted molar refractivity (Wildman–Crippen MR) is 94.8 cm³/mol. The molecule has 0 aliphatic heterocycles. The molecule has 0 saturated carbocycles. The van der Waals surface area contributed by atoms with Gasteiger partial charge in [0.05, 0.1) is 12.3 Å². The van der Waals surface area contributed by atoms with Gasteiger partial charge >= 0.3 is 0 Å². The molecule has 0 fully saturated rings. The molecule has 0 atom stereocenters. The summed E-state index contributed by atoms with van der Waals surface area (Å²) in [6.45, 7) is 4.80. The smallest absolute Gasteiger partial charge is 0.121 e. The first-order chi connectivity index (χ1) is 10.7. The van der Waals surface area contributed by atoms with E-state index in [1.54, 1.807) is 0 Å². The summed E-state index contributed by atoms with van der Waals surface area (Å²) < 4.78 is 8.97. The number of nitrogens with zero attached hydrogens (tertiary/aromatic N) is 1. The van der Waals surface area contributed by atoms with Gasteiger partial charge in [-0.3, -0.25) is 0 Å². The SMILES string of the molecule is CCOc1cccc(-n2c(C)ccc2-c2ccc(Br)cc2)c1. The van der Waals surface area contributed by atoms with Crippen molar-refractivity contribution in [1.82, 2.24) is 4.57 Å². The quantitative estimate of drug-likeness (QED) is 0.592. The Balaban J connectivity index is 2.09. The summed E-state index contributed by atoms with van der Waals surface area (Å²) in [5.74, 6) is 0.898. The van der Waals surface area contributed by atoms with Crippen LogP contribution >= 0.6 is 15.9 Å². The maximum absolute atomic E-state index is 5.63. The van der Waals surface area contributed by atoms with Crippen LogP contribution in [0.5, 0.6) is 5.75 Å². The molecule has 3 aromatic rings. The molecular weight excluding hydrogens is 338 g/mol. The molecule has 0 radical (unpaired) electrons. The Morgan fingerprint density at radius 2 is 1.77 bits per heavy atom. The molecule has 1 heterocycles. The molecule has 0 aliphatic carbocycles. The van der Waals surface area contributed by atoms with Crippen molar-refractivity contribution in [3.05, 3.63) is 70.8 Å². The summed E-state index contributed by atoms with van der Waals surface area (Å²) in [6.07, 6.45) is 0. The molecular formula is C19H18BrNO. The van der Waals surface area contributed by atoms with E-state index < -0.39 is 0 Å². The predicted octanol–water partition coefficient (Wildman–Crippen LogP) is 5.61. The van der Waals surface area contributed by atoms with Crippen LogP contribution in [0.25, 0.3) is 16.9 Å². The van der Waals surface area contributed by atoms with Gasteiger partial charge in [0.2, 0.25) is 0 Å². The Bertz CT molecular complexity index is 774. The first-order valence-electron chi connectivity index (χ1n) is 7.36. The highest BCUT2D eigenvalue weighted by molar-refractivity contribution is 9.10. The Morgan fingerprint density at radius 3 is 2.50 bits per heavy atom. The molecule has 1 aromatic heterocycles. The summed E-state index contributed by atoms with van der Waals surface area (Å²) in [7, 11) is 0. The lowest BCUT2D eigenvalue weighted by Crippen LogP contribution is -2.00. The fourth-order valence-electron chi connectivity index (χ4n) is 2.61. The minimum absolute atomic E-state index is 0.674. The van der Waals surface area contributed by atoms with E-state index in [1.807, 2.05) is 19.1 Å². The minimum Gasteiger partial charge on any atom is -0.494 e. The first kappa shape index (κ1) is 14.9. The molecule has 0 spiro atoms. The van der Waals surface area contributed by atoms with Crippen LogP contribution in [0.1, 0.15) is 12.6 Å². The second kappa shape index (κ2) is 6.41. The van der Waals surface area contributed by atoms with Gasteiger partial charge in [-0.1, -0.05) is 34.1 Å². The van der Waals surface area contributed by atoms with Crippen LogP contribution in [0.4, 0.5) is 0 Å². The van der Waals surface area contributed by atoms with Crippen molar-refractivity contribution in [2.45, 2.75) is 13.8 Å². The molecule has 112 valence electrons. The summed E-state index contributed by atoms with van der Waals surface area (Å²) in [6, 6.07) is 20.9. The van der Waals surface area contributed by atoms with Gasteiger partial charge in [-0.2, -0.15) is 0 Å². The number of hydrogen-bond donors (Lipinski definition) is 0. The lowest BCUT2D eigenvalue weighted by molar-refractivity contribution is 0.340. The van der Waals surface area contributed by atoms with E-state index in [2.05, 4.69) is 76.0 Å². The number of benzene rings is 2. The summed E-state index contributed by atoms with van der Waals surface area (Å²) in [5, 5.41) is 0. The van der Waals surface area contributed by atoms with Crippen molar-refractivity contribution in [2.24, 2.45) is 0 Å². The molecule has 3 rings (SSSR count). The van der Waals surface area contributed by atoms with Crippen LogP contribution in [0.2, 0.25) is 0 Å². The van der Waals surface area contributed by atoms with E-state index in [9.17, 15) is 0 Å². The van der Waals surface area contributed by atoms with Crippen LogP contribution < -0.4 is 4.74 Å². The Hall–Kier alpha value is -2.00. The van der Waals surface area contributed by atoms with E-state index in [0.717, 1.165) is 15.9 Å². The highest BCUT2D eigenvalue weighted by Crippen LogP contribution is 2.29. The number of halogens is 1. The van der Waals surface area contributed by atoms with Crippen molar-refractivity contribution in [3.63, 3.8) is 0 Å². The van der Waals surface area contributed by atoms with Crippen LogP contribution in [0.3, 0.4) is 0 Å². The highest BCUT2D eigenvalue weighted by atomic mass is 79.9. The van der Waals surface area contributed by atoms with Crippen LogP contribution in [-0.4, -0.2) is 11.2 Å². The second-order valence-electron chi connectivity index (χ2n) is 5.13. The molecule has 2 nitrogen and oxygen atoms in total. The van der Waals surface area contributed by atoms with Gasteiger partial charge in [0.1, 0.15) is 5.75 Å². The zero-order valence-electron chi connectivity index (χ0n) is 12.7. The third kappa shape index (κ3) is 2.95. The Morgan fingerprint density at radius 1 is 1.00 bits per heavy atom. The van der Waals surface area contributed by atoms with E-state index in [-0.39, 0.29) is 0 Å². The maximum Gasteiger partial charge on any atom is 0.121 e. The monoisotopic (exact) mass is 355 g/mol. The topological polar surface area (TPSA) is 14.2 Å². The molecule has 0 bridgehead atoms. The fourth-order valence-corrected chi connectivity index (χ4v) is 2.87. The van der Waals surface area contributed by atoms with Gasteiger partial charge in [-0.05, 0) is 55.8 Å². The van der Waals surface area contributed by atoms with E-state index in [4.69, 9.17) is 4.74 Å².